The van der Waals surface area contributed by atoms with Crippen LogP contribution in [0.15, 0.2) is 89.8 Å². The monoisotopic (exact) mass is 498 g/mol. The number of halogens is 1. The Labute approximate surface area is 204 Å². The van der Waals surface area contributed by atoms with Crippen molar-refractivity contribution in [3.63, 3.8) is 0 Å². The molecule has 0 aliphatic carbocycles. The number of carbonyl (C=O) groups excluding carboxylic acids is 2. The topological polar surface area (TPSA) is 102 Å². The predicted octanol–water partition coefficient (Wildman–Crippen LogP) is 3.01. The first-order valence-corrected chi connectivity index (χ1v) is 12.6. The fraction of sp³-hybridized carbons (Fsp3) is 0.231. The standard InChI is InChI=1S/C26H27FN2O5S/c27-22-15-7-8-16-24(22)35(32,33)29-23(18-21-12-5-2-6-13-21)26(31)34-19-25(30)28-17-9-14-20-10-3-1-4-11-20/h1-8,10-13,15-16,23,29H,9,14,17-19H2,(H,28,30)/t23-/m0/s1. The molecule has 1 amide bonds. The lowest BCUT2D eigenvalue weighted by Gasteiger charge is -2.18. The summed E-state index contributed by atoms with van der Waals surface area (Å²) in [6.07, 6.45) is 1.46. The molecule has 0 saturated heterocycles. The Balaban J connectivity index is 1.58. The van der Waals surface area contributed by atoms with Crippen LogP contribution in [0, 0.1) is 5.82 Å². The number of hydrogen-bond donors (Lipinski definition) is 2. The number of carbonyl (C=O) groups is 2. The van der Waals surface area contributed by atoms with Crippen LogP contribution >= 0.6 is 0 Å². The number of nitrogens with one attached hydrogen (secondary N) is 2. The van der Waals surface area contributed by atoms with Crippen molar-refractivity contribution in [1.82, 2.24) is 10.0 Å². The van der Waals surface area contributed by atoms with Crippen LogP contribution in [0.5, 0.6) is 0 Å². The molecule has 184 valence electrons. The Morgan fingerprint density at radius 3 is 2.11 bits per heavy atom. The highest BCUT2D eigenvalue weighted by molar-refractivity contribution is 7.89. The zero-order chi connectivity index (χ0) is 25.1. The van der Waals surface area contributed by atoms with E-state index in [9.17, 15) is 22.4 Å². The van der Waals surface area contributed by atoms with Gasteiger partial charge >= 0.3 is 5.97 Å². The van der Waals surface area contributed by atoms with Crippen LogP contribution in [0.4, 0.5) is 4.39 Å². The van der Waals surface area contributed by atoms with Crippen LogP contribution in [0.1, 0.15) is 17.5 Å². The van der Waals surface area contributed by atoms with Crippen molar-refractivity contribution in [2.24, 2.45) is 0 Å². The molecule has 0 saturated carbocycles. The molecule has 0 aromatic heterocycles. The Bertz CT molecular complexity index is 1220. The van der Waals surface area contributed by atoms with Crippen LogP contribution < -0.4 is 10.0 Å². The molecule has 0 radical (unpaired) electrons. The number of amides is 1. The van der Waals surface area contributed by atoms with Gasteiger partial charge in [0.1, 0.15) is 16.8 Å². The summed E-state index contributed by atoms with van der Waals surface area (Å²) in [5.41, 5.74) is 1.81. The van der Waals surface area contributed by atoms with E-state index < -0.39 is 45.3 Å². The van der Waals surface area contributed by atoms with Crippen LogP contribution in [0.25, 0.3) is 0 Å². The number of rotatable bonds is 12. The van der Waals surface area contributed by atoms with Gasteiger partial charge in [-0.3, -0.25) is 9.59 Å². The Hall–Kier alpha value is -3.56. The van der Waals surface area contributed by atoms with E-state index in [-0.39, 0.29) is 6.42 Å². The Kier molecular flexibility index (Phi) is 9.51. The molecule has 35 heavy (non-hydrogen) atoms. The van der Waals surface area contributed by atoms with Gasteiger partial charge in [0, 0.05) is 6.54 Å². The lowest BCUT2D eigenvalue weighted by atomic mass is 10.1. The minimum atomic E-state index is -4.36. The molecule has 0 aliphatic heterocycles. The van der Waals surface area contributed by atoms with Gasteiger partial charge in [0.25, 0.3) is 5.91 Å². The summed E-state index contributed by atoms with van der Waals surface area (Å²) >= 11 is 0. The van der Waals surface area contributed by atoms with Crippen LogP contribution in [0.3, 0.4) is 0 Å². The van der Waals surface area contributed by atoms with Gasteiger partial charge in [0.15, 0.2) is 6.61 Å². The maximum atomic E-state index is 14.1. The molecular formula is C26H27FN2O5S. The summed E-state index contributed by atoms with van der Waals surface area (Å²) < 4.78 is 46.9. The summed E-state index contributed by atoms with van der Waals surface area (Å²) in [4.78, 5) is 24.3. The molecule has 7 nitrogen and oxygen atoms in total. The van der Waals surface area contributed by atoms with Crippen molar-refractivity contribution in [1.29, 1.82) is 0 Å². The molecule has 0 heterocycles. The van der Waals surface area contributed by atoms with E-state index in [1.807, 2.05) is 30.3 Å². The predicted molar refractivity (Wildman–Crippen MR) is 129 cm³/mol. The molecule has 3 rings (SSSR count). The van der Waals surface area contributed by atoms with E-state index in [0.29, 0.717) is 18.5 Å². The van der Waals surface area contributed by atoms with Gasteiger partial charge in [-0.05, 0) is 42.5 Å². The van der Waals surface area contributed by atoms with Crippen molar-refractivity contribution in [3.8, 4) is 0 Å². The number of sulfonamides is 1. The summed E-state index contributed by atoms with van der Waals surface area (Å²) in [5.74, 6) is -2.38. The zero-order valence-corrected chi connectivity index (χ0v) is 19.8. The molecule has 0 aliphatic rings. The van der Waals surface area contributed by atoms with E-state index in [0.717, 1.165) is 24.1 Å². The molecule has 0 bridgehead atoms. The number of benzene rings is 3. The first-order valence-electron chi connectivity index (χ1n) is 11.1. The van der Waals surface area contributed by atoms with Gasteiger partial charge in [-0.1, -0.05) is 72.8 Å². The molecule has 2 N–H and O–H groups in total. The van der Waals surface area contributed by atoms with Gasteiger partial charge in [-0.15, -0.1) is 0 Å². The number of ether oxygens (including phenoxy) is 1. The number of aryl methyl sites for hydroxylation is 1. The fourth-order valence-corrected chi connectivity index (χ4v) is 4.65. The fourth-order valence-electron chi connectivity index (χ4n) is 3.39. The van der Waals surface area contributed by atoms with Crippen molar-refractivity contribution in [2.75, 3.05) is 13.2 Å². The third-order valence-electron chi connectivity index (χ3n) is 5.14. The third kappa shape index (κ3) is 8.31. The lowest BCUT2D eigenvalue weighted by molar-refractivity contribution is -0.150. The molecule has 0 fully saturated rings. The van der Waals surface area contributed by atoms with E-state index >= 15 is 0 Å². The lowest BCUT2D eigenvalue weighted by Crippen LogP contribution is -2.44. The molecule has 1 atom stereocenters. The van der Waals surface area contributed by atoms with Crippen LogP contribution in [-0.2, 0) is 37.2 Å². The zero-order valence-electron chi connectivity index (χ0n) is 19.0. The van der Waals surface area contributed by atoms with Crippen molar-refractivity contribution in [3.05, 3.63) is 102 Å². The maximum Gasteiger partial charge on any atom is 0.325 e. The summed E-state index contributed by atoms with van der Waals surface area (Å²) in [5, 5.41) is 2.67. The average molecular weight is 499 g/mol. The van der Waals surface area contributed by atoms with Crippen molar-refractivity contribution < 1.29 is 27.1 Å². The highest BCUT2D eigenvalue weighted by atomic mass is 32.2. The first kappa shape index (κ1) is 26.1. The molecule has 9 heteroatoms. The van der Waals surface area contributed by atoms with Gasteiger partial charge in [-0.2, -0.15) is 4.72 Å². The van der Waals surface area contributed by atoms with Gasteiger partial charge in [-0.25, -0.2) is 12.8 Å². The van der Waals surface area contributed by atoms with Gasteiger partial charge in [0.05, 0.1) is 0 Å². The first-order chi connectivity index (χ1) is 16.8. The summed E-state index contributed by atoms with van der Waals surface area (Å²) in [6.45, 7) is -0.157. The van der Waals surface area contributed by atoms with Crippen molar-refractivity contribution >= 4 is 21.9 Å². The smallest absolute Gasteiger partial charge is 0.325 e. The molecule has 0 unspecified atom stereocenters. The molecule has 3 aromatic rings. The van der Waals surface area contributed by atoms with Gasteiger partial charge < -0.3 is 10.1 Å². The SMILES string of the molecule is O=C(COC(=O)[C@H](Cc1ccccc1)NS(=O)(=O)c1ccccc1F)NCCCc1ccccc1. The van der Waals surface area contributed by atoms with E-state index in [2.05, 4.69) is 10.0 Å². The number of hydrogen-bond acceptors (Lipinski definition) is 5. The molecule has 3 aromatic carbocycles. The minimum absolute atomic E-state index is 0.0357. The number of esters is 1. The van der Waals surface area contributed by atoms with E-state index in [1.165, 1.54) is 12.1 Å². The maximum absolute atomic E-state index is 14.1. The molecule has 0 spiro atoms. The van der Waals surface area contributed by atoms with Gasteiger partial charge in [0.2, 0.25) is 10.0 Å². The third-order valence-corrected chi connectivity index (χ3v) is 6.65. The van der Waals surface area contributed by atoms with Crippen LogP contribution in [0.2, 0.25) is 0 Å². The second kappa shape index (κ2) is 12.8. The quantitative estimate of drug-likeness (QED) is 0.295. The second-order valence-corrected chi connectivity index (χ2v) is 9.52. The average Bonchev–Trinajstić information content (AvgIpc) is 2.86. The highest BCUT2D eigenvalue weighted by Crippen LogP contribution is 2.15. The second-order valence-electron chi connectivity index (χ2n) is 7.84. The largest absolute Gasteiger partial charge is 0.454 e. The van der Waals surface area contributed by atoms with Crippen molar-refractivity contribution in [2.45, 2.75) is 30.2 Å². The Morgan fingerprint density at radius 2 is 1.46 bits per heavy atom. The van der Waals surface area contributed by atoms with E-state index in [1.54, 1.807) is 30.3 Å². The molecular weight excluding hydrogens is 471 g/mol. The van der Waals surface area contributed by atoms with Crippen LogP contribution in [-0.4, -0.2) is 39.5 Å². The minimum Gasteiger partial charge on any atom is -0.454 e. The highest BCUT2D eigenvalue weighted by Gasteiger charge is 2.29. The summed E-state index contributed by atoms with van der Waals surface area (Å²) in [7, 11) is -4.36. The normalized spacial score (nSPS) is 12.0. The summed E-state index contributed by atoms with van der Waals surface area (Å²) in [6, 6.07) is 22.0. The van der Waals surface area contributed by atoms with E-state index in [4.69, 9.17) is 4.74 Å². The Morgan fingerprint density at radius 1 is 0.857 bits per heavy atom.